The summed E-state index contributed by atoms with van der Waals surface area (Å²) in [6.07, 6.45) is -1.22. The Morgan fingerprint density at radius 1 is 1.09 bits per heavy atom. The number of pyridine rings is 1. The van der Waals surface area contributed by atoms with Crippen molar-refractivity contribution in [3.8, 4) is 28.4 Å². The first kappa shape index (κ1) is 24.0. The third kappa shape index (κ3) is 5.18. The summed E-state index contributed by atoms with van der Waals surface area (Å²) >= 11 is 6.43. The molecule has 2 atom stereocenters. The van der Waals surface area contributed by atoms with E-state index < -0.39 is 23.8 Å². The summed E-state index contributed by atoms with van der Waals surface area (Å²) in [5, 5.41) is 17.8. The second-order valence-electron chi connectivity index (χ2n) is 7.51. The predicted octanol–water partition coefficient (Wildman–Crippen LogP) is 4.36. The van der Waals surface area contributed by atoms with E-state index in [-0.39, 0.29) is 25.8 Å². The van der Waals surface area contributed by atoms with E-state index >= 15 is 0 Å². The molecule has 0 amide bonds. The third-order valence-corrected chi connectivity index (χ3v) is 5.36. The molecule has 0 aliphatic carbocycles. The maximum absolute atomic E-state index is 14.0. The van der Waals surface area contributed by atoms with Crippen LogP contribution in [0, 0.1) is 11.6 Å². The van der Waals surface area contributed by atoms with Crippen molar-refractivity contribution < 1.29 is 28.5 Å². The van der Waals surface area contributed by atoms with Crippen LogP contribution >= 0.6 is 11.6 Å². The van der Waals surface area contributed by atoms with Crippen LogP contribution in [0.1, 0.15) is 6.92 Å². The van der Waals surface area contributed by atoms with E-state index in [1.807, 2.05) is 0 Å². The highest BCUT2D eigenvalue weighted by molar-refractivity contribution is 6.33. The minimum absolute atomic E-state index is 0.215. The molecule has 0 bridgehead atoms. The SMILES string of the molecule is CCO.OC1COC[C@H]1Oc1nc2nc(-c3ccc(-c4ccc(F)cc4F)cc3)c(Cl)cc2[nH]1. The molecule has 4 aromatic rings. The van der Waals surface area contributed by atoms with Gasteiger partial charge in [0.15, 0.2) is 11.8 Å². The first-order valence-corrected chi connectivity index (χ1v) is 10.9. The Morgan fingerprint density at radius 2 is 1.79 bits per heavy atom. The van der Waals surface area contributed by atoms with Crippen molar-refractivity contribution in [1.29, 1.82) is 0 Å². The monoisotopic (exact) mass is 489 g/mol. The van der Waals surface area contributed by atoms with E-state index in [2.05, 4.69) is 15.0 Å². The second kappa shape index (κ2) is 10.4. The molecule has 10 heteroatoms. The van der Waals surface area contributed by atoms with Crippen molar-refractivity contribution in [2.45, 2.75) is 19.1 Å². The maximum atomic E-state index is 14.0. The third-order valence-electron chi connectivity index (χ3n) is 5.07. The van der Waals surface area contributed by atoms with Gasteiger partial charge in [-0.1, -0.05) is 35.9 Å². The summed E-state index contributed by atoms with van der Waals surface area (Å²) in [6, 6.07) is 12.3. The molecule has 0 saturated carbocycles. The largest absolute Gasteiger partial charge is 0.456 e. The van der Waals surface area contributed by atoms with Crippen LogP contribution in [0.5, 0.6) is 6.01 Å². The molecular formula is C24H22ClF2N3O4. The molecule has 1 aliphatic heterocycles. The fraction of sp³-hybridized carbons (Fsp3) is 0.250. The number of benzene rings is 2. The lowest BCUT2D eigenvalue weighted by Gasteiger charge is -2.11. The Kier molecular flexibility index (Phi) is 7.38. The number of aliphatic hydroxyl groups is 2. The van der Waals surface area contributed by atoms with Gasteiger partial charge < -0.3 is 24.7 Å². The van der Waals surface area contributed by atoms with Gasteiger partial charge in [0.25, 0.3) is 6.01 Å². The summed E-state index contributed by atoms with van der Waals surface area (Å²) in [5.74, 6) is -1.26. The number of imidazole rings is 1. The van der Waals surface area contributed by atoms with Gasteiger partial charge in [0, 0.05) is 23.8 Å². The van der Waals surface area contributed by atoms with Crippen LogP contribution in [0.25, 0.3) is 33.5 Å². The van der Waals surface area contributed by atoms with Gasteiger partial charge in [0.05, 0.1) is 29.4 Å². The van der Waals surface area contributed by atoms with Crippen LogP contribution in [-0.4, -0.2) is 57.2 Å². The highest BCUT2D eigenvalue weighted by Crippen LogP contribution is 2.32. The summed E-state index contributed by atoms with van der Waals surface area (Å²) in [4.78, 5) is 11.8. The Hall–Kier alpha value is -3.11. The van der Waals surface area contributed by atoms with E-state index in [9.17, 15) is 13.9 Å². The zero-order valence-electron chi connectivity index (χ0n) is 18.1. The average molecular weight is 490 g/mol. The molecule has 2 aromatic heterocycles. The van der Waals surface area contributed by atoms with Gasteiger partial charge >= 0.3 is 0 Å². The van der Waals surface area contributed by atoms with Crippen LogP contribution in [0.15, 0.2) is 48.5 Å². The number of hydrogen-bond acceptors (Lipinski definition) is 6. The van der Waals surface area contributed by atoms with Crippen LogP contribution in [0.2, 0.25) is 5.02 Å². The number of halogens is 3. The Bertz CT molecular complexity index is 1280. The Labute approximate surface area is 199 Å². The molecule has 7 nitrogen and oxygen atoms in total. The van der Waals surface area contributed by atoms with E-state index in [0.717, 1.165) is 6.07 Å². The molecule has 2 aromatic carbocycles. The van der Waals surface area contributed by atoms with Crippen LogP contribution in [0.3, 0.4) is 0 Å². The zero-order valence-corrected chi connectivity index (χ0v) is 18.9. The molecule has 3 N–H and O–H groups in total. The number of nitrogens with one attached hydrogen (secondary N) is 1. The summed E-state index contributed by atoms with van der Waals surface area (Å²) in [5.41, 5.74) is 3.10. The molecule has 1 unspecified atom stereocenters. The van der Waals surface area contributed by atoms with E-state index in [4.69, 9.17) is 26.2 Å². The first-order chi connectivity index (χ1) is 16.4. The number of nitrogens with zero attached hydrogens (tertiary/aromatic N) is 2. The first-order valence-electron chi connectivity index (χ1n) is 10.5. The standard InChI is InChI=1S/C22H16ClF2N3O3.C2H6O/c23-15-8-17-21(28-22(26-17)31-19-10-30-9-18(19)29)27-20(15)12-3-1-11(2-4-12)14-6-5-13(24)7-16(14)25;1-2-3/h1-8,18-19,29H,9-10H2,(H,26,27,28);3H,2H2,1H3/t18?,19-;/m1./s1. The van der Waals surface area contributed by atoms with Gasteiger partial charge in [-0.05, 0) is 30.7 Å². The lowest BCUT2D eigenvalue weighted by Crippen LogP contribution is -2.30. The van der Waals surface area contributed by atoms with Crippen molar-refractivity contribution in [2.75, 3.05) is 19.8 Å². The Balaban J connectivity index is 0.000000868. The number of ether oxygens (including phenoxy) is 2. The predicted molar refractivity (Wildman–Crippen MR) is 124 cm³/mol. The molecule has 0 spiro atoms. The minimum atomic E-state index is -0.718. The number of rotatable bonds is 4. The lowest BCUT2D eigenvalue weighted by molar-refractivity contribution is 0.0679. The quantitative estimate of drug-likeness (QED) is 0.394. The number of fused-ring (bicyclic) bond motifs is 1. The molecule has 0 radical (unpaired) electrons. The van der Waals surface area contributed by atoms with Crippen molar-refractivity contribution >= 4 is 22.8 Å². The number of aliphatic hydroxyl groups excluding tert-OH is 2. The molecule has 3 heterocycles. The fourth-order valence-corrected chi connectivity index (χ4v) is 3.72. The van der Waals surface area contributed by atoms with Crippen LogP contribution in [-0.2, 0) is 4.74 Å². The number of aromatic amines is 1. The van der Waals surface area contributed by atoms with Gasteiger partial charge in [-0.3, -0.25) is 0 Å². The summed E-state index contributed by atoms with van der Waals surface area (Å²) in [7, 11) is 0. The van der Waals surface area contributed by atoms with E-state index in [1.54, 1.807) is 37.3 Å². The van der Waals surface area contributed by atoms with Crippen LogP contribution < -0.4 is 4.74 Å². The average Bonchev–Trinajstić information content (AvgIpc) is 3.39. The van der Waals surface area contributed by atoms with Gasteiger partial charge in [-0.2, -0.15) is 4.98 Å². The minimum Gasteiger partial charge on any atom is -0.456 e. The highest BCUT2D eigenvalue weighted by atomic mass is 35.5. The normalized spacial score (nSPS) is 17.5. The van der Waals surface area contributed by atoms with Crippen molar-refractivity contribution in [3.05, 3.63) is 65.2 Å². The maximum Gasteiger partial charge on any atom is 0.296 e. The second-order valence-corrected chi connectivity index (χ2v) is 7.92. The number of hydrogen-bond donors (Lipinski definition) is 3. The van der Waals surface area contributed by atoms with Crippen LogP contribution in [0.4, 0.5) is 8.78 Å². The van der Waals surface area contributed by atoms with Crippen molar-refractivity contribution in [1.82, 2.24) is 15.0 Å². The zero-order chi connectivity index (χ0) is 24.2. The summed E-state index contributed by atoms with van der Waals surface area (Å²) < 4.78 is 38.0. The molecule has 1 saturated heterocycles. The number of H-pyrrole nitrogens is 1. The van der Waals surface area contributed by atoms with Gasteiger partial charge in [0.2, 0.25) is 0 Å². The highest BCUT2D eigenvalue weighted by Gasteiger charge is 2.29. The molecular weight excluding hydrogens is 468 g/mol. The topological polar surface area (TPSA) is 100 Å². The van der Waals surface area contributed by atoms with Crippen molar-refractivity contribution in [3.63, 3.8) is 0 Å². The molecule has 5 rings (SSSR count). The fourth-order valence-electron chi connectivity index (χ4n) is 3.46. The van der Waals surface area contributed by atoms with E-state index in [1.165, 1.54) is 12.1 Å². The molecule has 1 aliphatic rings. The van der Waals surface area contributed by atoms with E-state index in [0.29, 0.717) is 38.6 Å². The Morgan fingerprint density at radius 3 is 2.44 bits per heavy atom. The number of aromatic nitrogens is 3. The molecule has 178 valence electrons. The van der Waals surface area contributed by atoms with Crippen molar-refractivity contribution in [2.24, 2.45) is 0 Å². The van der Waals surface area contributed by atoms with Gasteiger partial charge in [-0.15, -0.1) is 0 Å². The smallest absolute Gasteiger partial charge is 0.296 e. The lowest BCUT2D eigenvalue weighted by atomic mass is 10.0. The van der Waals surface area contributed by atoms with Gasteiger partial charge in [0.1, 0.15) is 17.7 Å². The summed E-state index contributed by atoms with van der Waals surface area (Å²) in [6.45, 7) is 2.43. The molecule has 34 heavy (non-hydrogen) atoms. The molecule has 1 fully saturated rings. The van der Waals surface area contributed by atoms with Gasteiger partial charge in [-0.25, -0.2) is 13.8 Å².